The van der Waals surface area contributed by atoms with Crippen molar-refractivity contribution in [2.75, 3.05) is 13.2 Å². The number of hydrogen-bond donors (Lipinski definition) is 0. The third-order valence-corrected chi connectivity index (χ3v) is 6.54. The van der Waals surface area contributed by atoms with Gasteiger partial charge in [-0.05, 0) is 68.9 Å². The molecule has 4 heterocycles. The summed E-state index contributed by atoms with van der Waals surface area (Å²) in [5.74, 6) is 0.455. The van der Waals surface area contributed by atoms with E-state index in [0.29, 0.717) is 47.6 Å². The topological polar surface area (TPSA) is 81.1 Å². The van der Waals surface area contributed by atoms with Crippen LogP contribution < -0.4 is 4.74 Å². The smallest absolute Gasteiger partial charge is 0.421 e. The number of aromatic nitrogens is 4. The van der Waals surface area contributed by atoms with Crippen molar-refractivity contribution in [2.24, 2.45) is 11.8 Å². The molecule has 7 nitrogen and oxygen atoms in total. The molecule has 3 atom stereocenters. The molecule has 3 aromatic heterocycles. The maximum Gasteiger partial charge on any atom is 0.421 e. The van der Waals surface area contributed by atoms with Crippen LogP contribution in [0.1, 0.15) is 40.3 Å². The lowest BCUT2D eigenvalue weighted by Crippen LogP contribution is -2.48. The standard InChI is InChI=1S/C25H24F3N5O2/c1-14-4-6-19(22-29-8-3-9-30-22)21(31-14)24(34)33-12-17-10-16(17)11-18(33)13-35-23-20(25(26,27)28)7-5-15(2)32-23/h3-9,16-18H,10-13H2,1-2H3/t16-,17+,18+/m1/s1. The number of hydrogen-bond acceptors (Lipinski definition) is 6. The molecule has 0 bridgehead atoms. The van der Waals surface area contributed by atoms with Gasteiger partial charge in [-0.3, -0.25) is 4.79 Å². The van der Waals surface area contributed by atoms with Crippen molar-refractivity contribution < 1.29 is 22.7 Å². The van der Waals surface area contributed by atoms with Crippen LogP contribution in [-0.2, 0) is 6.18 Å². The molecule has 0 N–H and O–H groups in total. The number of nitrogens with zero attached hydrogens (tertiary/aromatic N) is 5. The molecule has 1 saturated heterocycles. The highest BCUT2D eigenvalue weighted by atomic mass is 19.4. The van der Waals surface area contributed by atoms with Crippen molar-refractivity contribution in [3.63, 3.8) is 0 Å². The summed E-state index contributed by atoms with van der Waals surface area (Å²) < 4.78 is 46.1. The van der Waals surface area contributed by atoms with Gasteiger partial charge in [-0.25, -0.2) is 19.9 Å². The molecule has 1 saturated carbocycles. The van der Waals surface area contributed by atoms with Crippen LogP contribution in [0.4, 0.5) is 13.2 Å². The molecule has 0 unspecified atom stereocenters. The molecule has 2 fully saturated rings. The predicted octanol–water partition coefficient (Wildman–Crippen LogP) is 4.50. The van der Waals surface area contributed by atoms with Crippen LogP contribution in [0, 0.1) is 25.7 Å². The average molecular weight is 483 g/mol. The second-order valence-corrected chi connectivity index (χ2v) is 9.14. The first-order chi connectivity index (χ1) is 16.7. The molecule has 2 aliphatic rings. The van der Waals surface area contributed by atoms with Gasteiger partial charge in [-0.2, -0.15) is 13.2 Å². The second-order valence-electron chi connectivity index (χ2n) is 9.14. The van der Waals surface area contributed by atoms with E-state index < -0.39 is 23.7 Å². The number of likely N-dealkylation sites (tertiary alicyclic amines) is 1. The Morgan fingerprint density at radius 1 is 1.03 bits per heavy atom. The lowest BCUT2D eigenvalue weighted by Gasteiger charge is -2.35. The van der Waals surface area contributed by atoms with Crippen LogP contribution in [0.15, 0.2) is 42.7 Å². The second kappa shape index (κ2) is 8.90. The number of aryl methyl sites for hydroxylation is 2. The Hall–Kier alpha value is -3.56. The molecule has 1 aliphatic heterocycles. The summed E-state index contributed by atoms with van der Waals surface area (Å²) in [5, 5.41) is 0. The number of piperidine rings is 1. The SMILES string of the molecule is Cc1ccc(C(F)(F)F)c(OC[C@@H]2C[C@H]3C[C@H]3CN2C(=O)c2nc(C)ccc2-c2ncccn2)n1. The zero-order chi connectivity index (χ0) is 24.7. The van der Waals surface area contributed by atoms with E-state index in [2.05, 4.69) is 19.9 Å². The van der Waals surface area contributed by atoms with Crippen molar-refractivity contribution in [1.29, 1.82) is 0 Å². The van der Waals surface area contributed by atoms with Crippen LogP contribution in [-0.4, -0.2) is 49.9 Å². The lowest BCUT2D eigenvalue weighted by molar-refractivity contribution is -0.139. The number of rotatable bonds is 5. The number of pyridine rings is 2. The molecule has 1 amide bonds. The number of halogens is 3. The van der Waals surface area contributed by atoms with Crippen molar-refractivity contribution in [1.82, 2.24) is 24.8 Å². The zero-order valence-corrected chi connectivity index (χ0v) is 19.3. The molecule has 35 heavy (non-hydrogen) atoms. The van der Waals surface area contributed by atoms with E-state index in [9.17, 15) is 18.0 Å². The Bertz CT molecular complexity index is 1250. The zero-order valence-electron chi connectivity index (χ0n) is 19.3. The number of amides is 1. The number of alkyl halides is 3. The van der Waals surface area contributed by atoms with E-state index in [4.69, 9.17) is 4.74 Å². The molecule has 0 aromatic carbocycles. The Balaban J connectivity index is 1.43. The average Bonchev–Trinajstić information content (AvgIpc) is 3.60. The third-order valence-electron chi connectivity index (χ3n) is 6.54. The van der Waals surface area contributed by atoms with Crippen molar-refractivity contribution in [2.45, 2.75) is 38.9 Å². The van der Waals surface area contributed by atoms with Crippen LogP contribution in [0.5, 0.6) is 5.88 Å². The van der Waals surface area contributed by atoms with Crippen LogP contribution in [0.25, 0.3) is 11.4 Å². The quantitative estimate of drug-likeness (QED) is 0.532. The molecule has 0 spiro atoms. The van der Waals surface area contributed by atoms with Gasteiger partial charge in [0.25, 0.3) is 5.91 Å². The van der Waals surface area contributed by atoms with Crippen molar-refractivity contribution >= 4 is 5.91 Å². The van der Waals surface area contributed by atoms with E-state index in [0.717, 1.165) is 12.5 Å². The molecule has 182 valence electrons. The normalized spacial score (nSPS) is 21.4. The minimum absolute atomic E-state index is 0.0858. The number of fused-ring (bicyclic) bond motifs is 1. The van der Waals surface area contributed by atoms with Gasteiger partial charge in [0, 0.05) is 30.3 Å². The first-order valence-corrected chi connectivity index (χ1v) is 11.4. The molecule has 10 heteroatoms. The van der Waals surface area contributed by atoms with E-state index in [1.807, 2.05) is 0 Å². The van der Waals surface area contributed by atoms with Gasteiger partial charge in [0.15, 0.2) is 5.82 Å². The van der Waals surface area contributed by atoms with E-state index >= 15 is 0 Å². The van der Waals surface area contributed by atoms with Crippen molar-refractivity contribution in [3.05, 3.63) is 65.4 Å². The fraction of sp³-hybridized carbons (Fsp3) is 0.400. The van der Waals surface area contributed by atoms with Crippen molar-refractivity contribution in [3.8, 4) is 17.3 Å². The largest absolute Gasteiger partial charge is 0.475 e. The van der Waals surface area contributed by atoms with Gasteiger partial charge in [-0.15, -0.1) is 0 Å². The van der Waals surface area contributed by atoms with Gasteiger partial charge < -0.3 is 9.64 Å². The van der Waals surface area contributed by atoms with Gasteiger partial charge in [-0.1, -0.05) is 0 Å². The van der Waals surface area contributed by atoms with Gasteiger partial charge in [0.05, 0.1) is 11.6 Å². The van der Waals surface area contributed by atoms with E-state index in [1.165, 1.54) is 6.07 Å². The summed E-state index contributed by atoms with van der Waals surface area (Å²) >= 11 is 0. The Morgan fingerprint density at radius 2 is 1.74 bits per heavy atom. The molecule has 5 rings (SSSR count). The van der Waals surface area contributed by atoms with E-state index in [1.54, 1.807) is 49.3 Å². The highest BCUT2D eigenvalue weighted by Gasteiger charge is 2.48. The fourth-order valence-corrected chi connectivity index (χ4v) is 4.62. The Morgan fingerprint density at radius 3 is 2.49 bits per heavy atom. The Labute approximate surface area is 200 Å². The number of carbonyl (C=O) groups is 1. The first-order valence-electron chi connectivity index (χ1n) is 11.4. The Kier molecular flexibility index (Phi) is 5.90. The lowest BCUT2D eigenvalue weighted by atomic mass is 10.0. The molecular formula is C25H24F3N5O2. The predicted molar refractivity (Wildman–Crippen MR) is 121 cm³/mol. The maximum absolute atomic E-state index is 13.8. The third kappa shape index (κ3) is 4.82. The molecular weight excluding hydrogens is 459 g/mol. The summed E-state index contributed by atoms with van der Waals surface area (Å²) in [6.07, 6.45) is 0.251. The number of carbonyl (C=O) groups excluding carboxylic acids is 1. The molecule has 0 radical (unpaired) electrons. The molecule has 3 aromatic rings. The van der Waals surface area contributed by atoms with Gasteiger partial charge in [0.2, 0.25) is 5.88 Å². The van der Waals surface area contributed by atoms with Gasteiger partial charge >= 0.3 is 6.18 Å². The summed E-state index contributed by atoms with van der Waals surface area (Å²) in [6, 6.07) is 7.12. The first kappa shape index (κ1) is 23.2. The molecule has 1 aliphatic carbocycles. The monoisotopic (exact) mass is 483 g/mol. The summed E-state index contributed by atoms with van der Waals surface area (Å²) in [5.41, 5.74) is 0.901. The van der Waals surface area contributed by atoms with Crippen LogP contribution in [0.3, 0.4) is 0 Å². The summed E-state index contributed by atoms with van der Waals surface area (Å²) in [4.78, 5) is 32.5. The van der Waals surface area contributed by atoms with E-state index in [-0.39, 0.29) is 18.2 Å². The van der Waals surface area contributed by atoms with Crippen LogP contribution >= 0.6 is 0 Å². The highest BCUT2D eigenvalue weighted by Crippen LogP contribution is 2.47. The maximum atomic E-state index is 13.8. The van der Waals surface area contributed by atoms with Crippen LogP contribution in [0.2, 0.25) is 0 Å². The number of ether oxygens (including phenoxy) is 1. The van der Waals surface area contributed by atoms with Gasteiger partial charge in [0.1, 0.15) is 17.9 Å². The fourth-order valence-electron chi connectivity index (χ4n) is 4.62. The minimum atomic E-state index is -4.59. The summed E-state index contributed by atoms with van der Waals surface area (Å²) in [6.45, 7) is 3.82. The summed E-state index contributed by atoms with van der Waals surface area (Å²) in [7, 11) is 0. The highest BCUT2D eigenvalue weighted by molar-refractivity contribution is 5.98. The minimum Gasteiger partial charge on any atom is -0.475 e.